The van der Waals surface area contributed by atoms with Crippen molar-refractivity contribution in [3.63, 3.8) is 0 Å². The molecular weight excluding hydrogens is 580 g/mol. The molecule has 1 heterocycles. The van der Waals surface area contributed by atoms with Gasteiger partial charge in [-0.1, -0.05) is 11.8 Å². The van der Waals surface area contributed by atoms with Crippen LogP contribution in [-0.2, 0) is 52.3 Å². The van der Waals surface area contributed by atoms with Crippen LogP contribution in [0, 0.1) is 0 Å². The SMILES string of the molecule is CS/C(=N\C(=O)OC(C)(C)C)N(C(=O)OC(C)(C)C)[C@@H]1O[C@H](COC(C)=O)[C@@H](OC(C)=O)[C@H](OC(C)=O)[C@H]1OC(C)=O. The highest BCUT2D eigenvalue weighted by Crippen LogP contribution is 2.33. The van der Waals surface area contributed by atoms with Crippen molar-refractivity contribution in [2.75, 3.05) is 12.9 Å². The Kier molecular flexibility index (Phi) is 13.2. The molecule has 0 aliphatic carbocycles. The quantitative estimate of drug-likeness (QED) is 0.183. The lowest BCUT2D eigenvalue weighted by Gasteiger charge is -2.47. The molecule has 0 spiro atoms. The minimum Gasteiger partial charge on any atom is -0.463 e. The van der Waals surface area contributed by atoms with Gasteiger partial charge >= 0.3 is 36.1 Å². The molecule has 238 valence electrons. The molecule has 1 saturated heterocycles. The summed E-state index contributed by atoms with van der Waals surface area (Å²) in [5.41, 5.74) is -2.00. The third-order valence-electron chi connectivity index (χ3n) is 4.78. The summed E-state index contributed by atoms with van der Waals surface area (Å²) < 4.78 is 38.3. The molecular formula is C26H40N2O13S. The van der Waals surface area contributed by atoms with Crippen LogP contribution in [0.15, 0.2) is 4.99 Å². The largest absolute Gasteiger partial charge is 0.463 e. The number of rotatable bonds is 6. The molecule has 0 unspecified atom stereocenters. The molecule has 1 rings (SSSR count). The van der Waals surface area contributed by atoms with E-state index in [1.54, 1.807) is 41.5 Å². The van der Waals surface area contributed by atoms with Gasteiger partial charge in [0.15, 0.2) is 29.7 Å². The number of thioether (sulfide) groups is 1. The monoisotopic (exact) mass is 620 g/mol. The Morgan fingerprint density at radius 2 is 1.21 bits per heavy atom. The fourth-order valence-electron chi connectivity index (χ4n) is 3.58. The van der Waals surface area contributed by atoms with E-state index >= 15 is 0 Å². The number of hydrogen-bond acceptors (Lipinski definition) is 14. The average molecular weight is 621 g/mol. The highest BCUT2D eigenvalue weighted by atomic mass is 32.2. The van der Waals surface area contributed by atoms with Crippen LogP contribution in [-0.4, -0.2) is 101 Å². The molecule has 0 radical (unpaired) electrons. The Labute approximate surface area is 248 Å². The minimum absolute atomic E-state index is 0.306. The maximum Gasteiger partial charge on any atom is 0.436 e. The number of carbonyl (C=O) groups excluding carboxylic acids is 6. The average Bonchev–Trinajstić information content (AvgIpc) is 2.77. The molecule has 5 atom stereocenters. The van der Waals surface area contributed by atoms with Crippen molar-refractivity contribution in [2.24, 2.45) is 4.99 Å². The first-order valence-electron chi connectivity index (χ1n) is 12.8. The van der Waals surface area contributed by atoms with Gasteiger partial charge in [0, 0.05) is 27.7 Å². The van der Waals surface area contributed by atoms with E-state index in [4.69, 9.17) is 33.2 Å². The molecule has 0 N–H and O–H groups in total. The van der Waals surface area contributed by atoms with Crippen LogP contribution in [0.4, 0.5) is 9.59 Å². The third-order valence-corrected chi connectivity index (χ3v) is 5.43. The van der Waals surface area contributed by atoms with E-state index in [0.29, 0.717) is 0 Å². The zero-order valence-corrected chi connectivity index (χ0v) is 26.5. The standard InChI is InChI=1S/C26H40N2O13S/c1-13(29)35-12-17-18(36-14(2)30)19(37-15(3)31)20(38-16(4)32)21(39-17)28(24(34)41-26(8,9)10)22(42-11)27-23(33)40-25(5,6)7/h17-21H,12H2,1-11H3/b27-22-/t17-,18-,19+,20-,21-/m1/s1. The number of amides is 2. The number of amidine groups is 1. The van der Waals surface area contributed by atoms with E-state index in [-0.39, 0.29) is 5.17 Å². The first-order chi connectivity index (χ1) is 19.1. The van der Waals surface area contributed by atoms with Crippen LogP contribution in [0.2, 0.25) is 0 Å². The summed E-state index contributed by atoms with van der Waals surface area (Å²) in [5, 5.41) is -0.306. The second-order valence-electron chi connectivity index (χ2n) is 11.0. The number of ether oxygens (including phenoxy) is 7. The molecule has 1 aliphatic rings. The second-order valence-corrected chi connectivity index (χ2v) is 11.8. The first kappa shape index (κ1) is 36.6. The van der Waals surface area contributed by atoms with Gasteiger partial charge in [-0.3, -0.25) is 19.2 Å². The Morgan fingerprint density at radius 1 is 0.738 bits per heavy atom. The van der Waals surface area contributed by atoms with E-state index in [9.17, 15) is 28.8 Å². The number of nitrogens with zero attached hydrogens (tertiary/aromatic N) is 2. The van der Waals surface area contributed by atoms with Gasteiger partial charge in [0.25, 0.3) is 0 Å². The van der Waals surface area contributed by atoms with Crippen LogP contribution in [0.3, 0.4) is 0 Å². The smallest absolute Gasteiger partial charge is 0.436 e. The van der Waals surface area contributed by atoms with Gasteiger partial charge in [-0.05, 0) is 47.8 Å². The maximum atomic E-state index is 13.7. The van der Waals surface area contributed by atoms with Crippen molar-refractivity contribution in [3.8, 4) is 0 Å². The summed E-state index contributed by atoms with van der Waals surface area (Å²) in [7, 11) is 0. The van der Waals surface area contributed by atoms with Crippen LogP contribution < -0.4 is 0 Å². The Hall–Kier alpha value is -3.40. The summed E-state index contributed by atoms with van der Waals surface area (Å²) in [6.45, 7) is 13.4. The summed E-state index contributed by atoms with van der Waals surface area (Å²) in [5.74, 6) is -3.29. The van der Waals surface area contributed by atoms with E-state index in [1.807, 2.05) is 0 Å². The topological polar surface area (TPSA) is 183 Å². The van der Waals surface area contributed by atoms with Crippen LogP contribution in [0.25, 0.3) is 0 Å². The van der Waals surface area contributed by atoms with Crippen molar-refractivity contribution < 1.29 is 61.9 Å². The van der Waals surface area contributed by atoms with Gasteiger partial charge in [0.1, 0.15) is 23.9 Å². The second kappa shape index (κ2) is 15.2. The molecule has 0 aromatic rings. The molecule has 1 fully saturated rings. The summed E-state index contributed by atoms with van der Waals surface area (Å²) >= 11 is 0.823. The lowest BCUT2D eigenvalue weighted by atomic mass is 9.96. The van der Waals surface area contributed by atoms with Crippen molar-refractivity contribution in [2.45, 2.75) is 111 Å². The lowest BCUT2D eigenvalue weighted by Crippen LogP contribution is -2.67. The fraction of sp³-hybridized carbons (Fsp3) is 0.731. The Bertz CT molecular complexity index is 1060. The highest BCUT2D eigenvalue weighted by molar-refractivity contribution is 8.13. The molecule has 15 nitrogen and oxygen atoms in total. The minimum atomic E-state index is -1.71. The summed E-state index contributed by atoms with van der Waals surface area (Å²) in [4.78, 5) is 79.2. The first-order valence-corrected chi connectivity index (χ1v) is 14.1. The number of aliphatic imine (C=N–C) groups is 1. The van der Waals surface area contributed by atoms with Gasteiger partial charge in [-0.2, -0.15) is 4.99 Å². The molecule has 16 heteroatoms. The lowest BCUT2D eigenvalue weighted by molar-refractivity contribution is -0.268. The zero-order valence-electron chi connectivity index (χ0n) is 25.7. The molecule has 1 aliphatic heterocycles. The molecule has 0 aromatic carbocycles. The predicted molar refractivity (Wildman–Crippen MR) is 147 cm³/mol. The van der Waals surface area contributed by atoms with Crippen LogP contribution >= 0.6 is 11.8 Å². The number of esters is 4. The van der Waals surface area contributed by atoms with Gasteiger partial charge < -0.3 is 33.2 Å². The summed E-state index contributed by atoms with van der Waals surface area (Å²) in [6, 6.07) is 0. The fourth-order valence-corrected chi connectivity index (χ4v) is 4.12. The zero-order chi connectivity index (χ0) is 32.6. The normalized spacial score (nSPS) is 22.7. The van der Waals surface area contributed by atoms with Crippen molar-refractivity contribution >= 4 is 53.0 Å². The van der Waals surface area contributed by atoms with E-state index in [2.05, 4.69) is 4.99 Å². The van der Waals surface area contributed by atoms with E-state index in [0.717, 1.165) is 44.4 Å². The predicted octanol–water partition coefficient (Wildman–Crippen LogP) is 2.96. The van der Waals surface area contributed by atoms with Gasteiger partial charge in [0.05, 0.1) is 0 Å². The molecule has 0 aromatic heterocycles. The van der Waals surface area contributed by atoms with Crippen molar-refractivity contribution in [3.05, 3.63) is 0 Å². The van der Waals surface area contributed by atoms with Gasteiger partial charge in [-0.25, -0.2) is 14.5 Å². The highest BCUT2D eigenvalue weighted by Gasteiger charge is 2.56. The van der Waals surface area contributed by atoms with Crippen LogP contribution in [0.5, 0.6) is 0 Å². The van der Waals surface area contributed by atoms with Crippen molar-refractivity contribution in [1.82, 2.24) is 4.90 Å². The van der Waals surface area contributed by atoms with Crippen LogP contribution in [0.1, 0.15) is 69.2 Å². The maximum absolute atomic E-state index is 13.7. The summed E-state index contributed by atoms with van der Waals surface area (Å²) in [6.07, 6.45) is -8.45. The molecule has 42 heavy (non-hydrogen) atoms. The van der Waals surface area contributed by atoms with Gasteiger partial charge in [-0.15, -0.1) is 0 Å². The molecule has 2 amide bonds. The molecule has 0 saturated carbocycles. The molecule has 0 bridgehead atoms. The van der Waals surface area contributed by atoms with E-state index in [1.165, 1.54) is 6.26 Å². The van der Waals surface area contributed by atoms with E-state index < -0.39 is 84.5 Å². The number of hydrogen-bond donors (Lipinski definition) is 0. The number of carbonyl (C=O) groups is 6. The van der Waals surface area contributed by atoms with Gasteiger partial charge in [0.2, 0.25) is 0 Å². The Morgan fingerprint density at radius 3 is 1.64 bits per heavy atom. The van der Waals surface area contributed by atoms with Crippen molar-refractivity contribution in [1.29, 1.82) is 0 Å². The third kappa shape index (κ3) is 12.2. The Balaban J connectivity index is 3.94.